The Hall–Kier alpha value is -1.23. The molecule has 92 valence electrons. The molecule has 3 rings (SSSR count). The van der Waals surface area contributed by atoms with Gasteiger partial charge in [-0.3, -0.25) is 0 Å². The number of para-hydroxylation sites is 1. The van der Waals surface area contributed by atoms with Crippen molar-refractivity contribution in [1.29, 1.82) is 0 Å². The smallest absolute Gasteiger partial charge is 0.0957 e. The van der Waals surface area contributed by atoms with Crippen LogP contribution < -0.4 is 5.73 Å². The highest BCUT2D eigenvalue weighted by Crippen LogP contribution is 2.27. The van der Waals surface area contributed by atoms with Gasteiger partial charge in [0.1, 0.15) is 0 Å². The van der Waals surface area contributed by atoms with Crippen molar-refractivity contribution in [3.05, 3.63) is 51.2 Å². The Bertz CT molecular complexity index is 636. The number of hydrogen-bond donors (Lipinski definition) is 1. The minimum atomic E-state index is 0.0595. The lowest BCUT2D eigenvalue weighted by molar-refractivity contribution is 0.733. The van der Waals surface area contributed by atoms with Crippen LogP contribution >= 0.6 is 22.7 Å². The Morgan fingerprint density at radius 2 is 2.00 bits per heavy atom. The topological polar surface area (TPSA) is 38.9 Å². The van der Waals surface area contributed by atoms with Gasteiger partial charge in [0.15, 0.2) is 0 Å². The van der Waals surface area contributed by atoms with Gasteiger partial charge in [-0.05, 0) is 31.2 Å². The molecular weight excluding hydrogens is 260 g/mol. The van der Waals surface area contributed by atoms with Crippen molar-refractivity contribution in [3.8, 4) is 0 Å². The first-order valence-electron chi connectivity index (χ1n) is 5.89. The van der Waals surface area contributed by atoms with E-state index in [0.717, 1.165) is 16.9 Å². The molecule has 1 atom stereocenters. The Labute approximate surface area is 114 Å². The highest BCUT2D eigenvalue weighted by molar-refractivity contribution is 7.18. The van der Waals surface area contributed by atoms with E-state index in [1.54, 1.807) is 22.7 Å². The number of aryl methyl sites for hydroxylation is 1. The average molecular weight is 274 g/mol. The predicted octanol–water partition coefficient (Wildman–Crippen LogP) is 3.91. The van der Waals surface area contributed by atoms with Crippen LogP contribution in [0.2, 0.25) is 0 Å². The minimum Gasteiger partial charge on any atom is -0.323 e. The largest absolute Gasteiger partial charge is 0.323 e. The summed E-state index contributed by atoms with van der Waals surface area (Å²) in [4.78, 5) is 7.18. The van der Waals surface area contributed by atoms with E-state index in [9.17, 15) is 0 Å². The minimum absolute atomic E-state index is 0.0595. The molecular formula is C14H14N2S2. The summed E-state index contributed by atoms with van der Waals surface area (Å²) >= 11 is 3.51. The molecule has 2 aromatic heterocycles. The van der Waals surface area contributed by atoms with E-state index in [2.05, 4.69) is 36.2 Å². The number of thiophene rings is 1. The number of thiazole rings is 1. The first-order chi connectivity index (χ1) is 8.72. The van der Waals surface area contributed by atoms with E-state index >= 15 is 0 Å². The molecule has 0 aliphatic carbocycles. The molecule has 0 bridgehead atoms. The van der Waals surface area contributed by atoms with Crippen LogP contribution in [-0.2, 0) is 6.42 Å². The molecule has 0 saturated heterocycles. The van der Waals surface area contributed by atoms with E-state index in [1.807, 2.05) is 12.1 Å². The molecule has 4 heteroatoms. The molecule has 0 amide bonds. The molecule has 3 aromatic rings. The molecule has 0 radical (unpaired) electrons. The molecule has 1 unspecified atom stereocenters. The summed E-state index contributed by atoms with van der Waals surface area (Å²) in [6.07, 6.45) is 0.819. The van der Waals surface area contributed by atoms with Gasteiger partial charge in [-0.15, -0.1) is 22.7 Å². The summed E-state index contributed by atoms with van der Waals surface area (Å²) in [5, 5.41) is 1.12. The molecule has 0 aliphatic heterocycles. The zero-order valence-electron chi connectivity index (χ0n) is 10.1. The van der Waals surface area contributed by atoms with Crippen molar-refractivity contribution >= 4 is 32.9 Å². The van der Waals surface area contributed by atoms with Crippen LogP contribution in [0.5, 0.6) is 0 Å². The Balaban J connectivity index is 1.83. The molecule has 2 nitrogen and oxygen atoms in total. The summed E-state index contributed by atoms with van der Waals surface area (Å²) < 4.78 is 1.24. The second-order valence-electron chi connectivity index (χ2n) is 4.33. The Morgan fingerprint density at radius 3 is 2.72 bits per heavy atom. The first kappa shape index (κ1) is 11.8. The van der Waals surface area contributed by atoms with Gasteiger partial charge in [0.2, 0.25) is 0 Å². The second-order valence-corrected chi connectivity index (χ2v) is 6.77. The third-order valence-electron chi connectivity index (χ3n) is 2.86. The molecule has 2 heterocycles. The number of rotatable bonds is 3. The van der Waals surface area contributed by atoms with E-state index < -0.39 is 0 Å². The lowest BCUT2D eigenvalue weighted by atomic mass is 10.2. The third-order valence-corrected chi connectivity index (χ3v) is 5.05. The van der Waals surface area contributed by atoms with Crippen molar-refractivity contribution in [2.75, 3.05) is 0 Å². The second kappa shape index (κ2) is 4.80. The number of nitrogens with zero attached hydrogens (tertiary/aromatic N) is 1. The fourth-order valence-electron chi connectivity index (χ4n) is 1.95. The van der Waals surface area contributed by atoms with Gasteiger partial charge in [0.25, 0.3) is 0 Å². The normalized spacial score (nSPS) is 13.0. The summed E-state index contributed by atoms with van der Waals surface area (Å²) in [6, 6.07) is 12.5. The SMILES string of the molecule is Cc1ccc(C(N)Cc2nc3ccccc3s2)s1. The summed E-state index contributed by atoms with van der Waals surface area (Å²) in [6.45, 7) is 2.11. The summed E-state index contributed by atoms with van der Waals surface area (Å²) in [7, 11) is 0. The van der Waals surface area contributed by atoms with Gasteiger partial charge in [0, 0.05) is 22.2 Å². The molecule has 2 N–H and O–H groups in total. The Morgan fingerprint density at radius 1 is 1.17 bits per heavy atom. The summed E-state index contributed by atoms with van der Waals surface area (Å²) in [5.41, 5.74) is 7.32. The van der Waals surface area contributed by atoms with E-state index in [4.69, 9.17) is 5.73 Å². The van der Waals surface area contributed by atoms with Gasteiger partial charge in [-0.25, -0.2) is 4.98 Å². The quantitative estimate of drug-likeness (QED) is 0.786. The van der Waals surface area contributed by atoms with Crippen molar-refractivity contribution in [2.45, 2.75) is 19.4 Å². The van der Waals surface area contributed by atoms with Crippen LogP contribution in [0.4, 0.5) is 0 Å². The van der Waals surface area contributed by atoms with Crippen LogP contribution in [0.15, 0.2) is 36.4 Å². The molecule has 0 saturated carbocycles. The fraction of sp³-hybridized carbons (Fsp3) is 0.214. The van der Waals surface area contributed by atoms with E-state index in [-0.39, 0.29) is 6.04 Å². The van der Waals surface area contributed by atoms with Gasteiger partial charge in [-0.1, -0.05) is 12.1 Å². The zero-order valence-corrected chi connectivity index (χ0v) is 11.7. The van der Waals surface area contributed by atoms with Gasteiger partial charge >= 0.3 is 0 Å². The van der Waals surface area contributed by atoms with Crippen LogP contribution in [0, 0.1) is 6.92 Å². The molecule has 0 fully saturated rings. The van der Waals surface area contributed by atoms with Gasteiger partial charge < -0.3 is 5.73 Å². The molecule has 0 spiro atoms. The molecule has 1 aromatic carbocycles. The van der Waals surface area contributed by atoms with Crippen LogP contribution in [0.25, 0.3) is 10.2 Å². The maximum atomic E-state index is 6.24. The number of nitrogens with two attached hydrogens (primary N) is 1. The maximum Gasteiger partial charge on any atom is 0.0957 e. The number of fused-ring (bicyclic) bond motifs is 1. The monoisotopic (exact) mass is 274 g/mol. The number of hydrogen-bond acceptors (Lipinski definition) is 4. The van der Waals surface area contributed by atoms with Gasteiger partial charge in [0.05, 0.1) is 15.2 Å². The first-order valence-corrected chi connectivity index (χ1v) is 7.52. The fourth-order valence-corrected chi connectivity index (χ4v) is 3.85. The highest BCUT2D eigenvalue weighted by Gasteiger charge is 2.12. The standard InChI is InChI=1S/C14H14N2S2/c1-9-6-7-12(17-9)10(15)8-14-16-11-4-2-3-5-13(11)18-14/h2-7,10H,8,15H2,1H3. The lowest BCUT2D eigenvalue weighted by Gasteiger charge is -2.06. The van der Waals surface area contributed by atoms with Crippen LogP contribution in [0.1, 0.15) is 20.8 Å². The van der Waals surface area contributed by atoms with Crippen LogP contribution in [-0.4, -0.2) is 4.98 Å². The predicted molar refractivity (Wildman–Crippen MR) is 79.3 cm³/mol. The maximum absolute atomic E-state index is 6.24. The van der Waals surface area contributed by atoms with E-state index in [0.29, 0.717) is 0 Å². The van der Waals surface area contributed by atoms with E-state index in [1.165, 1.54) is 14.5 Å². The third kappa shape index (κ3) is 2.32. The molecule has 18 heavy (non-hydrogen) atoms. The van der Waals surface area contributed by atoms with Crippen molar-refractivity contribution < 1.29 is 0 Å². The lowest BCUT2D eigenvalue weighted by Crippen LogP contribution is -2.11. The number of aromatic nitrogens is 1. The van der Waals surface area contributed by atoms with Crippen molar-refractivity contribution in [3.63, 3.8) is 0 Å². The van der Waals surface area contributed by atoms with Crippen molar-refractivity contribution in [1.82, 2.24) is 4.98 Å². The summed E-state index contributed by atoms with van der Waals surface area (Å²) in [5.74, 6) is 0. The zero-order chi connectivity index (χ0) is 12.5. The number of benzene rings is 1. The highest BCUT2D eigenvalue weighted by atomic mass is 32.1. The molecule has 0 aliphatic rings. The Kier molecular flexibility index (Phi) is 3.16. The van der Waals surface area contributed by atoms with Crippen LogP contribution in [0.3, 0.4) is 0 Å². The average Bonchev–Trinajstić information content (AvgIpc) is 2.94. The van der Waals surface area contributed by atoms with Gasteiger partial charge in [-0.2, -0.15) is 0 Å². The van der Waals surface area contributed by atoms with Crippen molar-refractivity contribution in [2.24, 2.45) is 5.73 Å².